The number of carbonyl (C=O) groups excluding carboxylic acids is 2. The van der Waals surface area contributed by atoms with E-state index in [0.29, 0.717) is 16.5 Å². The first-order valence-corrected chi connectivity index (χ1v) is 8.07. The second kappa shape index (κ2) is 8.28. The summed E-state index contributed by atoms with van der Waals surface area (Å²) in [6.07, 6.45) is 4.22. The van der Waals surface area contributed by atoms with Crippen LogP contribution in [0.15, 0.2) is 49.2 Å². The van der Waals surface area contributed by atoms with Crippen LogP contribution in [0.5, 0.6) is 5.75 Å². The molecule has 0 saturated carbocycles. The summed E-state index contributed by atoms with van der Waals surface area (Å²) in [4.78, 5) is 32.4. The van der Waals surface area contributed by atoms with Gasteiger partial charge in [-0.05, 0) is 30.3 Å². The van der Waals surface area contributed by atoms with Gasteiger partial charge < -0.3 is 14.8 Å². The number of benzene rings is 1. The summed E-state index contributed by atoms with van der Waals surface area (Å²) in [7, 11) is 1.47. The molecular weight excluding hydrogens is 374 g/mol. The highest BCUT2D eigenvalue weighted by molar-refractivity contribution is 6.31. The van der Waals surface area contributed by atoms with Crippen molar-refractivity contribution >= 4 is 29.2 Å². The van der Waals surface area contributed by atoms with Crippen molar-refractivity contribution in [3.05, 3.63) is 59.8 Å². The average Bonchev–Trinajstić information content (AvgIpc) is 3.21. The summed E-state index contributed by atoms with van der Waals surface area (Å²) >= 11 is 5.92. The fraction of sp³-hybridized carbons (Fsp3) is 0.118. The van der Waals surface area contributed by atoms with E-state index in [2.05, 4.69) is 20.4 Å². The number of esters is 1. The maximum atomic E-state index is 12.3. The number of amides is 1. The summed E-state index contributed by atoms with van der Waals surface area (Å²) in [5, 5.41) is 6.95. The Morgan fingerprint density at radius 3 is 2.89 bits per heavy atom. The molecule has 0 aliphatic heterocycles. The molecule has 0 aliphatic carbocycles. The summed E-state index contributed by atoms with van der Waals surface area (Å²) in [5.74, 6) is -0.589. The SMILES string of the molecule is COc1ccc(Cl)cc1NC(=O)COC(=O)c1cccnc1-n1cncn1. The third kappa shape index (κ3) is 4.39. The van der Waals surface area contributed by atoms with Crippen LogP contribution in [0.4, 0.5) is 5.69 Å². The molecule has 2 heterocycles. The molecule has 1 aromatic carbocycles. The van der Waals surface area contributed by atoms with Gasteiger partial charge in [-0.15, -0.1) is 0 Å². The molecule has 0 aliphatic rings. The quantitative estimate of drug-likeness (QED) is 0.645. The average molecular weight is 388 g/mol. The van der Waals surface area contributed by atoms with Crippen molar-refractivity contribution in [1.29, 1.82) is 0 Å². The van der Waals surface area contributed by atoms with Gasteiger partial charge in [-0.25, -0.2) is 19.4 Å². The molecule has 10 heteroatoms. The largest absolute Gasteiger partial charge is 0.495 e. The maximum Gasteiger partial charge on any atom is 0.342 e. The third-order valence-corrected chi connectivity index (χ3v) is 3.65. The number of pyridine rings is 1. The van der Waals surface area contributed by atoms with Crippen molar-refractivity contribution in [2.45, 2.75) is 0 Å². The maximum absolute atomic E-state index is 12.3. The number of nitrogens with zero attached hydrogens (tertiary/aromatic N) is 4. The molecule has 0 saturated heterocycles. The molecule has 2 aromatic heterocycles. The van der Waals surface area contributed by atoms with Crippen molar-refractivity contribution in [3.63, 3.8) is 0 Å². The van der Waals surface area contributed by atoms with Crippen LogP contribution in [-0.4, -0.2) is 45.3 Å². The number of hydrogen-bond acceptors (Lipinski definition) is 7. The number of aromatic nitrogens is 4. The minimum absolute atomic E-state index is 0.149. The molecule has 0 spiro atoms. The van der Waals surface area contributed by atoms with Crippen LogP contribution in [0.1, 0.15) is 10.4 Å². The van der Waals surface area contributed by atoms with E-state index >= 15 is 0 Å². The number of carbonyl (C=O) groups is 2. The fourth-order valence-electron chi connectivity index (χ4n) is 2.23. The second-order valence-electron chi connectivity index (χ2n) is 5.18. The lowest BCUT2D eigenvalue weighted by atomic mass is 10.2. The highest BCUT2D eigenvalue weighted by Gasteiger charge is 2.17. The summed E-state index contributed by atoms with van der Waals surface area (Å²) in [6.45, 7) is -0.500. The highest BCUT2D eigenvalue weighted by atomic mass is 35.5. The number of methoxy groups -OCH3 is 1. The first-order chi connectivity index (χ1) is 13.1. The number of nitrogens with one attached hydrogen (secondary N) is 1. The number of halogens is 1. The zero-order valence-corrected chi connectivity index (χ0v) is 14.9. The molecule has 1 N–H and O–H groups in total. The third-order valence-electron chi connectivity index (χ3n) is 3.41. The van der Waals surface area contributed by atoms with Gasteiger partial charge in [0.15, 0.2) is 12.4 Å². The molecule has 0 radical (unpaired) electrons. The van der Waals surface area contributed by atoms with Crippen molar-refractivity contribution in [1.82, 2.24) is 19.7 Å². The molecule has 138 valence electrons. The molecule has 3 aromatic rings. The normalized spacial score (nSPS) is 10.3. The van der Waals surface area contributed by atoms with Gasteiger partial charge >= 0.3 is 5.97 Å². The topological polar surface area (TPSA) is 108 Å². The van der Waals surface area contributed by atoms with E-state index < -0.39 is 18.5 Å². The van der Waals surface area contributed by atoms with Crippen molar-refractivity contribution < 1.29 is 19.1 Å². The van der Waals surface area contributed by atoms with Crippen molar-refractivity contribution in [2.24, 2.45) is 0 Å². The number of hydrogen-bond donors (Lipinski definition) is 1. The van der Waals surface area contributed by atoms with Gasteiger partial charge in [0.25, 0.3) is 5.91 Å². The minimum Gasteiger partial charge on any atom is -0.495 e. The number of ether oxygens (including phenoxy) is 2. The van der Waals surface area contributed by atoms with E-state index in [1.165, 1.54) is 42.8 Å². The summed E-state index contributed by atoms with van der Waals surface area (Å²) < 4.78 is 11.6. The predicted molar refractivity (Wildman–Crippen MR) is 96.1 cm³/mol. The van der Waals surface area contributed by atoms with Crippen LogP contribution in [0.25, 0.3) is 5.82 Å². The minimum atomic E-state index is -0.721. The predicted octanol–water partition coefficient (Wildman–Crippen LogP) is 2.12. The van der Waals surface area contributed by atoms with Crippen molar-refractivity contribution in [2.75, 3.05) is 19.0 Å². The molecule has 1 amide bonds. The van der Waals surface area contributed by atoms with Gasteiger partial charge in [0.2, 0.25) is 0 Å². The highest BCUT2D eigenvalue weighted by Crippen LogP contribution is 2.27. The van der Waals surface area contributed by atoms with Gasteiger partial charge in [-0.3, -0.25) is 4.79 Å². The summed E-state index contributed by atoms with van der Waals surface area (Å²) in [5.41, 5.74) is 0.520. The zero-order chi connectivity index (χ0) is 19.2. The smallest absolute Gasteiger partial charge is 0.342 e. The Morgan fingerprint density at radius 2 is 2.15 bits per heavy atom. The molecule has 0 atom stereocenters. The Kier molecular flexibility index (Phi) is 5.62. The van der Waals surface area contributed by atoms with Crippen LogP contribution in [0.3, 0.4) is 0 Å². The Balaban J connectivity index is 1.67. The lowest BCUT2D eigenvalue weighted by molar-refractivity contribution is -0.119. The number of rotatable bonds is 6. The van der Waals surface area contributed by atoms with Crippen molar-refractivity contribution in [3.8, 4) is 11.6 Å². The molecular formula is C17H14ClN5O4. The standard InChI is InChI=1S/C17H14ClN5O4/c1-26-14-5-4-11(18)7-13(14)22-15(24)8-27-17(25)12-3-2-6-20-16(12)23-10-19-9-21-23/h2-7,9-10H,8H2,1H3,(H,22,24). The van der Waals surface area contributed by atoms with Crippen LogP contribution < -0.4 is 10.1 Å². The molecule has 27 heavy (non-hydrogen) atoms. The van der Waals surface area contributed by atoms with Crippen LogP contribution in [-0.2, 0) is 9.53 Å². The Bertz CT molecular complexity index is 962. The Labute approximate surface area is 158 Å². The van der Waals surface area contributed by atoms with Gasteiger partial charge in [0.05, 0.1) is 12.8 Å². The monoisotopic (exact) mass is 387 g/mol. The molecule has 0 bridgehead atoms. The van der Waals surface area contributed by atoms with Gasteiger partial charge in [0, 0.05) is 11.2 Å². The molecule has 0 fully saturated rings. The Morgan fingerprint density at radius 1 is 1.30 bits per heavy atom. The number of anilines is 1. The summed E-state index contributed by atoms with van der Waals surface area (Å²) in [6, 6.07) is 7.87. The molecule has 3 rings (SSSR count). The van der Waals surface area contributed by atoms with E-state index in [1.54, 1.807) is 18.2 Å². The van der Waals surface area contributed by atoms with E-state index in [-0.39, 0.29) is 11.4 Å². The lowest BCUT2D eigenvalue weighted by Gasteiger charge is -2.11. The first kappa shape index (κ1) is 18.3. The lowest BCUT2D eigenvalue weighted by Crippen LogP contribution is -2.22. The van der Waals surface area contributed by atoms with Gasteiger partial charge in [0.1, 0.15) is 24.0 Å². The van der Waals surface area contributed by atoms with E-state index in [1.807, 2.05) is 0 Å². The van der Waals surface area contributed by atoms with Crippen LogP contribution in [0, 0.1) is 0 Å². The Hall–Kier alpha value is -3.46. The molecule has 9 nitrogen and oxygen atoms in total. The fourth-order valence-corrected chi connectivity index (χ4v) is 2.40. The van der Waals surface area contributed by atoms with Crippen LogP contribution >= 0.6 is 11.6 Å². The second-order valence-corrected chi connectivity index (χ2v) is 5.62. The van der Waals surface area contributed by atoms with Gasteiger partial charge in [-0.1, -0.05) is 11.6 Å². The van der Waals surface area contributed by atoms with E-state index in [0.717, 1.165) is 0 Å². The first-order valence-electron chi connectivity index (χ1n) is 7.69. The van der Waals surface area contributed by atoms with Crippen LogP contribution in [0.2, 0.25) is 5.02 Å². The van der Waals surface area contributed by atoms with E-state index in [9.17, 15) is 9.59 Å². The van der Waals surface area contributed by atoms with E-state index in [4.69, 9.17) is 21.1 Å². The zero-order valence-electron chi connectivity index (χ0n) is 14.1. The van der Waals surface area contributed by atoms with Gasteiger partial charge in [-0.2, -0.15) is 5.10 Å². The molecule has 0 unspecified atom stereocenters.